The van der Waals surface area contributed by atoms with Crippen LogP contribution in [-0.2, 0) is 26.8 Å². The fourth-order valence-corrected chi connectivity index (χ4v) is 4.31. The second-order valence-electron chi connectivity index (χ2n) is 8.77. The van der Waals surface area contributed by atoms with Gasteiger partial charge in [0.1, 0.15) is 5.82 Å². The summed E-state index contributed by atoms with van der Waals surface area (Å²) in [7, 11) is 0. The van der Waals surface area contributed by atoms with Crippen LogP contribution in [0.15, 0.2) is 48.5 Å². The summed E-state index contributed by atoms with van der Waals surface area (Å²) in [4.78, 5) is 4.38. The van der Waals surface area contributed by atoms with Crippen molar-refractivity contribution in [2.75, 3.05) is 59.2 Å². The van der Waals surface area contributed by atoms with E-state index in [1.54, 1.807) is 18.2 Å². The highest BCUT2D eigenvalue weighted by molar-refractivity contribution is 5.26. The molecule has 2 atom stereocenters. The molecule has 0 saturated carbocycles. The monoisotopic (exact) mass is 506 g/mol. The molecule has 2 aromatic carbocycles. The topological polar surface area (TPSA) is 34.2 Å². The highest BCUT2D eigenvalue weighted by Gasteiger charge is 2.34. The summed E-state index contributed by atoms with van der Waals surface area (Å²) < 4.78 is 70.0. The average Bonchev–Trinajstić information content (AvgIpc) is 2.88. The van der Waals surface area contributed by atoms with Gasteiger partial charge in [0, 0.05) is 19.6 Å². The number of benzene rings is 2. The Balaban J connectivity index is 1.40. The molecule has 5 nitrogen and oxygen atoms in total. The lowest BCUT2D eigenvalue weighted by atomic mass is 10.0. The highest BCUT2D eigenvalue weighted by atomic mass is 19.4. The van der Waals surface area contributed by atoms with Crippen molar-refractivity contribution in [1.82, 2.24) is 9.80 Å². The molecular formula is C27H30F4N2O3. The maximum atomic E-state index is 13.6. The van der Waals surface area contributed by atoms with Crippen molar-refractivity contribution in [2.24, 2.45) is 0 Å². The van der Waals surface area contributed by atoms with E-state index in [2.05, 4.69) is 21.6 Å². The van der Waals surface area contributed by atoms with Gasteiger partial charge >= 0.3 is 6.18 Å². The van der Waals surface area contributed by atoms with Crippen molar-refractivity contribution in [2.45, 2.75) is 24.9 Å². The van der Waals surface area contributed by atoms with E-state index < -0.39 is 18.0 Å². The second-order valence-corrected chi connectivity index (χ2v) is 8.77. The van der Waals surface area contributed by atoms with Gasteiger partial charge in [0.2, 0.25) is 0 Å². The predicted molar refractivity (Wildman–Crippen MR) is 127 cm³/mol. The minimum Gasteiger partial charge on any atom is -0.379 e. The molecule has 4 rings (SSSR count). The molecule has 9 heteroatoms. The van der Waals surface area contributed by atoms with E-state index in [4.69, 9.17) is 14.2 Å². The lowest BCUT2D eigenvalue weighted by Gasteiger charge is -2.40. The SMILES string of the molecule is Fc1ccc(C2C(OCCc3cccc(C(F)(F)F)c3)OCCN2CC#CCN2CCOCC2)cc1. The number of hydrogen-bond donors (Lipinski definition) is 0. The minimum atomic E-state index is -4.39. The van der Waals surface area contributed by atoms with E-state index in [0.717, 1.165) is 44.0 Å². The fraction of sp³-hybridized carbons (Fsp3) is 0.481. The first-order valence-corrected chi connectivity index (χ1v) is 12.0. The quantitative estimate of drug-likeness (QED) is 0.417. The van der Waals surface area contributed by atoms with Gasteiger partial charge in [0.25, 0.3) is 0 Å². The lowest BCUT2D eigenvalue weighted by molar-refractivity contribution is -0.208. The van der Waals surface area contributed by atoms with Gasteiger partial charge in [-0.3, -0.25) is 9.80 Å². The molecular weight excluding hydrogens is 476 g/mol. The van der Waals surface area contributed by atoms with E-state index in [1.807, 2.05) is 0 Å². The van der Waals surface area contributed by atoms with Crippen molar-refractivity contribution < 1.29 is 31.8 Å². The van der Waals surface area contributed by atoms with Crippen LogP contribution in [0.2, 0.25) is 0 Å². The molecule has 2 aliphatic rings. The van der Waals surface area contributed by atoms with E-state index in [0.29, 0.717) is 38.2 Å². The number of halogens is 4. The molecule has 2 fully saturated rings. The summed E-state index contributed by atoms with van der Waals surface area (Å²) in [5, 5.41) is 0. The van der Waals surface area contributed by atoms with Crippen LogP contribution in [-0.4, -0.2) is 75.2 Å². The molecule has 2 aromatic rings. The highest BCUT2D eigenvalue weighted by Crippen LogP contribution is 2.31. The first kappa shape index (κ1) is 26.6. The molecule has 2 saturated heterocycles. The number of morpholine rings is 2. The number of rotatable bonds is 7. The molecule has 2 aliphatic heterocycles. The smallest absolute Gasteiger partial charge is 0.379 e. The van der Waals surface area contributed by atoms with Crippen LogP contribution in [0.25, 0.3) is 0 Å². The van der Waals surface area contributed by atoms with Crippen molar-refractivity contribution in [3.8, 4) is 11.8 Å². The zero-order valence-electron chi connectivity index (χ0n) is 20.0. The summed E-state index contributed by atoms with van der Waals surface area (Å²) in [6.07, 6.45) is -4.74. The number of ether oxygens (including phenoxy) is 3. The van der Waals surface area contributed by atoms with Gasteiger partial charge in [0.15, 0.2) is 6.29 Å². The van der Waals surface area contributed by atoms with Crippen LogP contribution in [0.4, 0.5) is 17.6 Å². The first-order chi connectivity index (χ1) is 17.4. The lowest BCUT2D eigenvalue weighted by Crippen LogP contribution is -2.46. The van der Waals surface area contributed by atoms with Crippen molar-refractivity contribution in [3.05, 3.63) is 71.0 Å². The second kappa shape index (κ2) is 12.7. The predicted octanol–water partition coefficient (Wildman–Crippen LogP) is 4.14. The maximum Gasteiger partial charge on any atom is 0.416 e. The Hall–Kier alpha value is -2.48. The zero-order chi connectivity index (χ0) is 25.4. The molecule has 0 aromatic heterocycles. The Bertz CT molecular complexity index is 1030. The Labute approximate surface area is 208 Å². The summed E-state index contributed by atoms with van der Waals surface area (Å²) in [5.41, 5.74) is 0.680. The van der Waals surface area contributed by atoms with Crippen LogP contribution in [0.1, 0.15) is 22.7 Å². The molecule has 36 heavy (non-hydrogen) atoms. The van der Waals surface area contributed by atoms with Crippen LogP contribution >= 0.6 is 0 Å². The van der Waals surface area contributed by atoms with Crippen molar-refractivity contribution >= 4 is 0 Å². The summed E-state index contributed by atoms with van der Waals surface area (Å²) in [5.74, 6) is 6.13. The van der Waals surface area contributed by atoms with Gasteiger partial charge in [-0.25, -0.2) is 4.39 Å². The Morgan fingerprint density at radius 2 is 1.69 bits per heavy atom. The van der Waals surface area contributed by atoms with Gasteiger partial charge in [-0.05, 0) is 35.7 Å². The van der Waals surface area contributed by atoms with E-state index in [-0.39, 0.29) is 18.5 Å². The maximum absolute atomic E-state index is 13.6. The van der Waals surface area contributed by atoms with Gasteiger partial charge in [-0.1, -0.05) is 42.2 Å². The van der Waals surface area contributed by atoms with Crippen molar-refractivity contribution in [3.63, 3.8) is 0 Å². The van der Waals surface area contributed by atoms with Crippen LogP contribution < -0.4 is 0 Å². The molecule has 0 N–H and O–H groups in total. The number of nitrogens with zero attached hydrogens (tertiary/aromatic N) is 2. The van der Waals surface area contributed by atoms with Crippen molar-refractivity contribution in [1.29, 1.82) is 0 Å². The fourth-order valence-electron chi connectivity index (χ4n) is 4.31. The third kappa shape index (κ3) is 7.51. The Kier molecular flexibility index (Phi) is 9.35. The number of alkyl halides is 3. The standard InChI is InChI=1S/C27H30F4N2O3/c28-24-8-6-22(7-9-24)25-26(35-16-10-21-4-3-5-23(20-21)27(29,30)31)36-19-15-33(25)12-2-1-11-32-13-17-34-18-14-32/h3-9,20,25-26H,10-19H2. The molecule has 0 bridgehead atoms. The Morgan fingerprint density at radius 1 is 0.944 bits per heavy atom. The van der Waals surface area contributed by atoms with E-state index >= 15 is 0 Å². The van der Waals surface area contributed by atoms with Gasteiger partial charge in [-0.15, -0.1) is 0 Å². The average molecular weight is 507 g/mol. The summed E-state index contributed by atoms with van der Waals surface area (Å²) in [6.45, 7) is 5.57. The normalized spacial score (nSPS) is 21.7. The van der Waals surface area contributed by atoms with Gasteiger partial charge < -0.3 is 14.2 Å². The first-order valence-electron chi connectivity index (χ1n) is 12.0. The molecule has 0 radical (unpaired) electrons. The zero-order valence-corrected chi connectivity index (χ0v) is 20.0. The largest absolute Gasteiger partial charge is 0.416 e. The van der Waals surface area contributed by atoms with Gasteiger partial charge in [-0.2, -0.15) is 13.2 Å². The molecule has 2 unspecified atom stereocenters. The molecule has 0 aliphatic carbocycles. The Morgan fingerprint density at radius 3 is 2.44 bits per heavy atom. The van der Waals surface area contributed by atoms with E-state index in [1.165, 1.54) is 18.2 Å². The van der Waals surface area contributed by atoms with Crippen LogP contribution in [0, 0.1) is 17.7 Å². The summed E-state index contributed by atoms with van der Waals surface area (Å²) in [6, 6.07) is 11.1. The molecule has 0 spiro atoms. The van der Waals surface area contributed by atoms with Crippen LogP contribution in [0.5, 0.6) is 0 Å². The molecule has 194 valence electrons. The van der Waals surface area contributed by atoms with Gasteiger partial charge in [0.05, 0.1) is 51.1 Å². The summed E-state index contributed by atoms with van der Waals surface area (Å²) >= 11 is 0. The third-order valence-electron chi connectivity index (χ3n) is 6.26. The minimum absolute atomic E-state index is 0.181. The third-order valence-corrected chi connectivity index (χ3v) is 6.26. The number of hydrogen-bond acceptors (Lipinski definition) is 5. The van der Waals surface area contributed by atoms with E-state index in [9.17, 15) is 17.6 Å². The molecule has 0 amide bonds. The molecule has 2 heterocycles. The van der Waals surface area contributed by atoms with Crippen LogP contribution in [0.3, 0.4) is 0 Å².